The molecule has 0 spiro atoms. The molecule has 1 aromatic heterocycles. The Kier molecular flexibility index (Phi) is 3.51. The minimum atomic E-state index is -0.244. The fourth-order valence-corrected chi connectivity index (χ4v) is 2.00. The summed E-state index contributed by atoms with van der Waals surface area (Å²) in [5.74, 6) is 0.399. The highest BCUT2D eigenvalue weighted by Crippen LogP contribution is 2.19. The molecule has 0 saturated carbocycles. The summed E-state index contributed by atoms with van der Waals surface area (Å²) >= 11 is 0. The Morgan fingerprint density at radius 1 is 1.05 bits per heavy atom. The van der Waals surface area contributed by atoms with Crippen LogP contribution in [0, 0.1) is 0 Å². The van der Waals surface area contributed by atoms with Crippen LogP contribution in [0.25, 0.3) is 11.0 Å². The van der Waals surface area contributed by atoms with Crippen molar-refractivity contribution in [1.82, 2.24) is 5.43 Å². The Morgan fingerprint density at radius 2 is 1.76 bits per heavy atom. The van der Waals surface area contributed by atoms with Gasteiger partial charge in [-0.3, -0.25) is 4.79 Å². The van der Waals surface area contributed by atoms with Crippen LogP contribution in [-0.2, 0) is 0 Å². The van der Waals surface area contributed by atoms with Gasteiger partial charge in [0.1, 0.15) is 11.3 Å². The Hall–Kier alpha value is -2.88. The van der Waals surface area contributed by atoms with E-state index in [2.05, 4.69) is 10.5 Å². The summed E-state index contributed by atoms with van der Waals surface area (Å²) in [7, 11) is 0. The number of benzene rings is 2. The minimum absolute atomic E-state index is 0.244. The van der Waals surface area contributed by atoms with Crippen LogP contribution in [0.3, 0.4) is 0 Å². The molecule has 0 fully saturated rings. The van der Waals surface area contributed by atoms with Crippen molar-refractivity contribution in [3.63, 3.8) is 0 Å². The molecule has 21 heavy (non-hydrogen) atoms. The lowest BCUT2D eigenvalue weighted by Gasteiger charge is -2.00. The third-order valence-electron chi connectivity index (χ3n) is 3.14. The Morgan fingerprint density at radius 3 is 2.52 bits per heavy atom. The molecule has 0 saturated heterocycles. The van der Waals surface area contributed by atoms with E-state index in [9.17, 15) is 4.79 Å². The normalized spacial score (nSPS) is 11.6. The number of nitrogens with zero attached hydrogens (tertiary/aromatic N) is 1. The number of carbonyl (C=O) groups excluding carboxylic acids is 1. The molecule has 4 nitrogen and oxygen atoms in total. The van der Waals surface area contributed by atoms with Crippen molar-refractivity contribution in [3.8, 4) is 0 Å². The van der Waals surface area contributed by atoms with E-state index >= 15 is 0 Å². The molecular formula is C17H14N2O2. The maximum atomic E-state index is 11.9. The number of hydrogen-bond acceptors (Lipinski definition) is 3. The van der Waals surface area contributed by atoms with Crippen LogP contribution in [0.2, 0.25) is 0 Å². The topological polar surface area (TPSA) is 54.6 Å². The number of carbonyl (C=O) groups is 1. The zero-order valence-corrected chi connectivity index (χ0v) is 11.5. The van der Waals surface area contributed by atoms with Crippen LogP contribution in [0.4, 0.5) is 0 Å². The fraction of sp³-hybridized carbons (Fsp3) is 0.0588. The highest BCUT2D eigenvalue weighted by Gasteiger charge is 2.07. The lowest BCUT2D eigenvalue weighted by molar-refractivity contribution is 0.0955. The first-order valence-electron chi connectivity index (χ1n) is 6.62. The second-order valence-electron chi connectivity index (χ2n) is 4.65. The summed E-state index contributed by atoms with van der Waals surface area (Å²) in [6, 6.07) is 18.6. The Balaban J connectivity index is 1.78. The molecule has 1 amide bonds. The van der Waals surface area contributed by atoms with Gasteiger partial charge in [-0.1, -0.05) is 36.4 Å². The highest BCUT2D eigenvalue weighted by molar-refractivity contribution is 6.01. The number of hydrazone groups is 1. The second kappa shape index (κ2) is 5.63. The number of nitrogens with one attached hydrogen (secondary N) is 1. The van der Waals surface area contributed by atoms with Crippen LogP contribution >= 0.6 is 0 Å². The third-order valence-corrected chi connectivity index (χ3v) is 3.14. The van der Waals surface area contributed by atoms with Crippen molar-refractivity contribution < 1.29 is 9.21 Å². The highest BCUT2D eigenvalue weighted by atomic mass is 16.3. The lowest BCUT2D eigenvalue weighted by Crippen LogP contribution is -2.19. The van der Waals surface area contributed by atoms with Crippen molar-refractivity contribution in [1.29, 1.82) is 0 Å². The van der Waals surface area contributed by atoms with E-state index in [0.717, 1.165) is 11.0 Å². The fourth-order valence-electron chi connectivity index (χ4n) is 2.00. The standard InChI is InChI=1S/C17H14N2O2/c1-12(16-11-14-9-5-6-10-15(14)21-16)18-19-17(20)13-7-3-2-4-8-13/h2-11H,1H3,(H,19,20)/b18-12-. The number of para-hydroxylation sites is 1. The van der Waals surface area contributed by atoms with Gasteiger partial charge in [0.15, 0.2) is 5.76 Å². The maximum absolute atomic E-state index is 11.9. The van der Waals surface area contributed by atoms with Crippen molar-refractivity contribution in [2.24, 2.45) is 5.10 Å². The van der Waals surface area contributed by atoms with E-state index in [1.54, 1.807) is 19.1 Å². The number of furan rings is 1. The second-order valence-corrected chi connectivity index (χ2v) is 4.65. The molecular weight excluding hydrogens is 264 g/mol. The minimum Gasteiger partial charge on any atom is -0.455 e. The summed E-state index contributed by atoms with van der Waals surface area (Å²) in [4.78, 5) is 11.9. The number of fused-ring (bicyclic) bond motifs is 1. The molecule has 3 rings (SSSR count). The van der Waals surface area contributed by atoms with Gasteiger partial charge in [0.05, 0.1) is 0 Å². The van der Waals surface area contributed by atoms with E-state index in [1.165, 1.54) is 0 Å². The molecule has 2 aromatic carbocycles. The first kappa shape index (κ1) is 13.1. The van der Waals surface area contributed by atoms with Gasteiger partial charge in [0.2, 0.25) is 0 Å². The van der Waals surface area contributed by atoms with Gasteiger partial charge in [-0.15, -0.1) is 0 Å². The first-order valence-corrected chi connectivity index (χ1v) is 6.62. The molecule has 3 aromatic rings. The predicted molar refractivity (Wildman–Crippen MR) is 82.3 cm³/mol. The van der Waals surface area contributed by atoms with Gasteiger partial charge in [-0.25, -0.2) is 5.43 Å². The van der Waals surface area contributed by atoms with Crippen molar-refractivity contribution in [3.05, 3.63) is 72.0 Å². The molecule has 104 valence electrons. The van der Waals surface area contributed by atoms with Gasteiger partial charge >= 0.3 is 0 Å². The van der Waals surface area contributed by atoms with Crippen LogP contribution in [-0.4, -0.2) is 11.6 Å². The molecule has 0 aliphatic rings. The van der Waals surface area contributed by atoms with Crippen molar-refractivity contribution in [2.75, 3.05) is 0 Å². The average Bonchev–Trinajstić information content (AvgIpc) is 2.97. The number of hydrogen-bond donors (Lipinski definition) is 1. The predicted octanol–water partition coefficient (Wildman–Crippen LogP) is 3.59. The monoisotopic (exact) mass is 278 g/mol. The molecule has 0 radical (unpaired) electrons. The molecule has 0 atom stereocenters. The average molecular weight is 278 g/mol. The van der Waals surface area contributed by atoms with Crippen LogP contribution < -0.4 is 5.43 Å². The summed E-state index contributed by atoms with van der Waals surface area (Å²) in [5, 5.41) is 5.10. The zero-order valence-electron chi connectivity index (χ0n) is 11.5. The number of amides is 1. The maximum Gasteiger partial charge on any atom is 0.271 e. The van der Waals surface area contributed by atoms with Gasteiger partial charge < -0.3 is 4.42 Å². The van der Waals surface area contributed by atoms with Gasteiger partial charge in [0.25, 0.3) is 5.91 Å². The van der Waals surface area contributed by atoms with E-state index in [-0.39, 0.29) is 5.91 Å². The van der Waals surface area contributed by atoms with Gasteiger partial charge in [-0.05, 0) is 31.2 Å². The lowest BCUT2D eigenvalue weighted by atomic mass is 10.2. The van der Waals surface area contributed by atoms with E-state index < -0.39 is 0 Å². The van der Waals surface area contributed by atoms with E-state index in [1.807, 2.05) is 48.5 Å². The van der Waals surface area contributed by atoms with Crippen LogP contribution in [0.15, 0.2) is 70.2 Å². The quantitative estimate of drug-likeness (QED) is 0.588. The Labute approximate surface area is 122 Å². The van der Waals surface area contributed by atoms with E-state index in [0.29, 0.717) is 17.0 Å². The van der Waals surface area contributed by atoms with E-state index in [4.69, 9.17) is 4.42 Å². The molecule has 0 aliphatic heterocycles. The van der Waals surface area contributed by atoms with Crippen molar-refractivity contribution >= 4 is 22.6 Å². The van der Waals surface area contributed by atoms with Gasteiger partial charge in [-0.2, -0.15) is 5.10 Å². The SMILES string of the molecule is C/C(=N/NC(=O)c1ccccc1)c1cc2ccccc2o1. The zero-order chi connectivity index (χ0) is 14.7. The third kappa shape index (κ3) is 2.84. The summed E-state index contributed by atoms with van der Waals surface area (Å²) < 4.78 is 5.69. The molecule has 1 N–H and O–H groups in total. The molecule has 0 aliphatic carbocycles. The summed E-state index contributed by atoms with van der Waals surface area (Å²) in [5.41, 5.74) is 4.52. The van der Waals surface area contributed by atoms with Crippen LogP contribution in [0.1, 0.15) is 23.0 Å². The van der Waals surface area contributed by atoms with Gasteiger partial charge in [0, 0.05) is 10.9 Å². The Bertz CT molecular complexity index is 771. The molecule has 0 unspecified atom stereocenters. The molecule has 4 heteroatoms. The largest absolute Gasteiger partial charge is 0.455 e. The van der Waals surface area contributed by atoms with Crippen LogP contribution in [0.5, 0.6) is 0 Å². The smallest absolute Gasteiger partial charge is 0.271 e. The van der Waals surface area contributed by atoms with Crippen molar-refractivity contribution in [2.45, 2.75) is 6.92 Å². The summed E-state index contributed by atoms with van der Waals surface area (Å²) in [6.07, 6.45) is 0. The first-order chi connectivity index (χ1) is 10.2. The summed E-state index contributed by atoms with van der Waals surface area (Å²) in [6.45, 7) is 1.79. The number of rotatable bonds is 3. The molecule has 1 heterocycles. The molecule has 0 bridgehead atoms.